The van der Waals surface area contributed by atoms with Gasteiger partial charge in [0.05, 0.1) is 13.7 Å². The van der Waals surface area contributed by atoms with Crippen molar-refractivity contribution in [2.24, 2.45) is 0 Å². The average molecular weight is 404 g/mol. The monoisotopic (exact) mass is 404 g/mol. The molecule has 9 heteroatoms. The number of nitrogens with one attached hydrogen (secondary N) is 2. The maximum Gasteiger partial charge on any atom is 0.322 e. The molecule has 2 N–H and O–H groups in total. The summed E-state index contributed by atoms with van der Waals surface area (Å²) in [6.45, 7) is 3.41. The van der Waals surface area contributed by atoms with Crippen LogP contribution in [0.15, 0.2) is 28.8 Å². The molecule has 0 unspecified atom stereocenters. The molecule has 1 aromatic carbocycles. The summed E-state index contributed by atoms with van der Waals surface area (Å²) in [5, 5.41) is 9.64. The number of carbonyl (C=O) groups is 2. The molecule has 0 bridgehead atoms. The zero-order valence-electron chi connectivity index (χ0n) is 16.0. The summed E-state index contributed by atoms with van der Waals surface area (Å²) < 4.78 is 10.5. The van der Waals surface area contributed by atoms with E-state index in [1.165, 1.54) is 0 Å². The smallest absolute Gasteiger partial charge is 0.322 e. The first-order valence-corrected chi connectivity index (χ1v) is 10.3. The van der Waals surface area contributed by atoms with E-state index < -0.39 is 0 Å². The van der Waals surface area contributed by atoms with Gasteiger partial charge in [-0.1, -0.05) is 18.1 Å². The maximum atomic E-state index is 12.6. The van der Waals surface area contributed by atoms with Crippen molar-refractivity contribution in [1.82, 2.24) is 15.4 Å². The molecule has 150 valence electrons. The molecule has 3 amide bonds. The Hall–Kier alpha value is -2.68. The van der Waals surface area contributed by atoms with Crippen molar-refractivity contribution in [3.05, 3.63) is 41.3 Å². The highest BCUT2D eigenvalue weighted by atomic mass is 32.2. The van der Waals surface area contributed by atoms with Gasteiger partial charge in [0, 0.05) is 42.6 Å². The third-order valence-electron chi connectivity index (χ3n) is 4.39. The molecule has 3 rings (SSSR count). The number of carbonyl (C=O) groups excluding carboxylic acids is 2. The average Bonchev–Trinajstić information content (AvgIpc) is 3.14. The third kappa shape index (κ3) is 4.78. The molecule has 1 aliphatic rings. The van der Waals surface area contributed by atoms with E-state index in [0.29, 0.717) is 42.3 Å². The van der Waals surface area contributed by atoms with Crippen molar-refractivity contribution in [3.8, 4) is 5.75 Å². The standard InChI is InChI=1S/C19H24N4O4S/c1-3-28-10-8-20-18(24)17-15-12-23(9-7-16(15)27-22-17)19(25)21-13-5-4-6-14(11-13)26-2/h4-6,11H,3,7-10,12H2,1-2H3,(H,20,24)(H,21,25). The largest absolute Gasteiger partial charge is 0.497 e. The summed E-state index contributed by atoms with van der Waals surface area (Å²) in [6, 6.07) is 6.92. The topological polar surface area (TPSA) is 96.7 Å². The Morgan fingerprint density at radius 2 is 2.25 bits per heavy atom. The lowest BCUT2D eigenvalue weighted by atomic mass is 10.1. The van der Waals surface area contributed by atoms with Gasteiger partial charge in [-0.15, -0.1) is 0 Å². The minimum atomic E-state index is -0.267. The number of rotatable bonds is 7. The molecule has 0 fully saturated rings. The molecule has 28 heavy (non-hydrogen) atoms. The second kappa shape index (κ2) is 9.50. The molecule has 0 aliphatic carbocycles. The van der Waals surface area contributed by atoms with E-state index in [-0.39, 0.29) is 24.2 Å². The van der Waals surface area contributed by atoms with E-state index in [2.05, 4.69) is 22.7 Å². The zero-order chi connectivity index (χ0) is 19.9. The fraction of sp³-hybridized carbons (Fsp3) is 0.421. The molecule has 2 aromatic rings. The summed E-state index contributed by atoms with van der Waals surface area (Å²) in [6.07, 6.45) is 0.521. The molecule has 0 saturated heterocycles. The molecule has 0 radical (unpaired) electrons. The van der Waals surface area contributed by atoms with Crippen LogP contribution < -0.4 is 15.4 Å². The fourth-order valence-electron chi connectivity index (χ4n) is 2.93. The highest BCUT2D eigenvalue weighted by Crippen LogP contribution is 2.24. The van der Waals surface area contributed by atoms with Crippen molar-refractivity contribution in [3.63, 3.8) is 0 Å². The minimum Gasteiger partial charge on any atom is -0.497 e. The number of aromatic nitrogens is 1. The van der Waals surface area contributed by atoms with Crippen LogP contribution in [0.1, 0.15) is 28.7 Å². The quantitative estimate of drug-likeness (QED) is 0.689. The predicted molar refractivity (Wildman–Crippen MR) is 108 cm³/mol. The fourth-order valence-corrected chi connectivity index (χ4v) is 3.46. The van der Waals surface area contributed by atoms with Crippen molar-refractivity contribution in [1.29, 1.82) is 0 Å². The minimum absolute atomic E-state index is 0.245. The lowest BCUT2D eigenvalue weighted by Crippen LogP contribution is -2.39. The highest BCUT2D eigenvalue weighted by molar-refractivity contribution is 7.99. The Labute approximate surface area is 168 Å². The highest BCUT2D eigenvalue weighted by Gasteiger charge is 2.29. The molecule has 2 heterocycles. The summed E-state index contributed by atoms with van der Waals surface area (Å²) in [5.41, 5.74) is 1.58. The van der Waals surface area contributed by atoms with Crippen LogP contribution in [-0.4, -0.2) is 53.7 Å². The summed E-state index contributed by atoms with van der Waals surface area (Å²) in [7, 11) is 1.58. The summed E-state index contributed by atoms with van der Waals surface area (Å²) in [4.78, 5) is 26.7. The van der Waals surface area contributed by atoms with E-state index in [9.17, 15) is 9.59 Å². The Morgan fingerprint density at radius 3 is 3.04 bits per heavy atom. The number of anilines is 1. The van der Waals surface area contributed by atoms with E-state index in [4.69, 9.17) is 9.26 Å². The molecule has 0 atom stereocenters. The van der Waals surface area contributed by atoms with E-state index in [1.807, 2.05) is 12.1 Å². The Morgan fingerprint density at radius 1 is 1.39 bits per heavy atom. The lowest BCUT2D eigenvalue weighted by molar-refractivity contribution is 0.0945. The first-order valence-electron chi connectivity index (χ1n) is 9.15. The first-order chi connectivity index (χ1) is 13.6. The van der Waals surface area contributed by atoms with E-state index in [0.717, 1.165) is 11.5 Å². The second-order valence-corrected chi connectivity index (χ2v) is 7.61. The van der Waals surface area contributed by atoms with Crippen LogP contribution in [0.5, 0.6) is 5.75 Å². The van der Waals surface area contributed by atoms with Gasteiger partial charge in [-0.3, -0.25) is 4.79 Å². The van der Waals surface area contributed by atoms with Crippen molar-refractivity contribution in [2.75, 3.05) is 37.0 Å². The number of urea groups is 1. The molecule has 8 nitrogen and oxygen atoms in total. The van der Waals surface area contributed by atoms with Gasteiger partial charge in [0.15, 0.2) is 5.69 Å². The number of hydrogen-bond donors (Lipinski definition) is 2. The van der Waals surface area contributed by atoms with Crippen LogP contribution in [-0.2, 0) is 13.0 Å². The number of benzene rings is 1. The van der Waals surface area contributed by atoms with Gasteiger partial charge >= 0.3 is 6.03 Å². The van der Waals surface area contributed by atoms with Gasteiger partial charge in [-0.05, 0) is 17.9 Å². The number of hydrogen-bond acceptors (Lipinski definition) is 6. The van der Waals surface area contributed by atoms with Gasteiger partial charge < -0.3 is 24.8 Å². The van der Waals surface area contributed by atoms with E-state index in [1.54, 1.807) is 35.9 Å². The normalized spacial score (nSPS) is 13.0. The van der Waals surface area contributed by atoms with Gasteiger partial charge in [0.1, 0.15) is 11.5 Å². The molecule has 0 spiro atoms. The van der Waals surface area contributed by atoms with Crippen LogP contribution in [0.2, 0.25) is 0 Å². The second-order valence-electron chi connectivity index (χ2n) is 6.22. The summed E-state index contributed by atoms with van der Waals surface area (Å²) in [5.74, 6) is 2.91. The zero-order valence-corrected chi connectivity index (χ0v) is 16.8. The number of ether oxygens (including phenoxy) is 1. The van der Waals surface area contributed by atoms with Crippen molar-refractivity contribution in [2.45, 2.75) is 19.9 Å². The Balaban J connectivity index is 1.63. The molecule has 0 saturated carbocycles. The number of amides is 3. The summed E-state index contributed by atoms with van der Waals surface area (Å²) >= 11 is 1.76. The van der Waals surface area contributed by atoms with Gasteiger partial charge in [-0.25, -0.2) is 4.79 Å². The molecular weight excluding hydrogens is 380 g/mol. The number of thioether (sulfide) groups is 1. The third-order valence-corrected chi connectivity index (χ3v) is 5.29. The van der Waals surface area contributed by atoms with Crippen LogP contribution in [0, 0.1) is 0 Å². The Kier molecular flexibility index (Phi) is 6.80. The van der Waals surface area contributed by atoms with Crippen molar-refractivity contribution < 1.29 is 18.8 Å². The number of methoxy groups -OCH3 is 1. The van der Waals surface area contributed by atoms with Gasteiger partial charge in [-0.2, -0.15) is 11.8 Å². The molecule has 1 aliphatic heterocycles. The van der Waals surface area contributed by atoms with Crippen LogP contribution in [0.4, 0.5) is 10.5 Å². The molecule has 1 aromatic heterocycles. The van der Waals surface area contributed by atoms with Crippen LogP contribution in [0.3, 0.4) is 0 Å². The number of fused-ring (bicyclic) bond motifs is 1. The van der Waals surface area contributed by atoms with Crippen molar-refractivity contribution >= 4 is 29.4 Å². The molecular formula is C19H24N4O4S. The van der Waals surface area contributed by atoms with Crippen LogP contribution >= 0.6 is 11.8 Å². The number of nitrogens with zero attached hydrogens (tertiary/aromatic N) is 2. The Bertz CT molecular complexity index is 839. The van der Waals surface area contributed by atoms with E-state index >= 15 is 0 Å². The van der Waals surface area contributed by atoms with Crippen LogP contribution in [0.25, 0.3) is 0 Å². The predicted octanol–water partition coefficient (Wildman–Crippen LogP) is 2.76. The van der Waals surface area contributed by atoms with Gasteiger partial charge in [0.25, 0.3) is 5.91 Å². The lowest BCUT2D eigenvalue weighted by Gasteiger charge is -2.26. The van der Waals surface area contributed by atoms with Gasteiger partial charge in [0.2, 0.25) is 0 Å². The first kappa shape index (κ1) is 20.1. The SMILES string of the molecule is CCSCCNC(=O)c1noc2c1CN(C(=O)Nc1cccc(OC)c1)CC2. The maximum absolute atomic E-state index is 12.6.